The number of benzene rings is 1. The number of ether oxygens (including phenoxy) is 1. The van der Waals surface area contributed by atoms with E-state index in [2.05, 4.69) is 11.4 Å². The monoisotopic (exact) mass is 278 g/mol. The van der Waals surface area contributed by atoms with Gasteiger partial charge in [0.1, 0.15) is 12.0 Å². The van der Waals surface area contributed by atoms with E-state index in [4.69, 9.17) is 9.84 Å². The van der Waals surface area contributed by atoms with E-state index in [1.54, 1.807) is 6.07 Å². The van der Waals surface area contributed by atoms with Crippen LogP contribution in [0.5, 0.6) is 0 Å². The van der Waals surface area contributed by atoms with Crippen molar-refractivity contribution in [2.45, 2.75) is 10.9 Å². The molecule has 1 aromatic carbocycles. The molecule has 1 heterocycles. The predicted molar refractivity (Wildman–Crippen MR) is 72.3 cm³/mol. The van der Waals surface area contributed by atoms with Crippen molar-refractivity contribution in [3.05, 3.63) is 23.8 Å². The van der Waals surface area contributed by atoms with Gasteiger partial charge < -0.3 is 15.2 Å². The summed E-state index contributed by atoms with van der Waals surface area (Å²) in [5.74, 6) is -1.46. The third kappa shape index (κ3) is 2.83. The minimum Gasteiger partial charge on any atom is -0.481 e. The van der Waals surface area contributed by atoms with E-state index >= 15 is 0 Å². The first-order chi connectivity index (χ1) is 9.17. The lowest BCUT2D eigenvalue weighted by Gasteiger charge is -2.18. The number of carboxylic acid groups (broad SMARTS) is 1. The van der Waals surface area contributed by atoms with Crippen LogP contribution in [0.2, 0.25) is 0 Å². The Labute approximate surface area is 115 Å². The van der Waals surface area contributed by atoms with Crippen LogP contribution >= 0.6 is 11.8 Å². The zero-order chi connectivity index (χ0) is 13.8. The molecule has 2 atom stereocenters. The smallest absolute Gasteiger partial charge is 0.311 e. The number of hydrogen-bond acceptors (Lipinski definition) is 5. The van der Waals surface area contributed by atoms with E-state index < -0.39 is 11.9 Å². The van der Waals surface area contributed by atoms with Crippen molar-refractivity contribution in [2.24, 2.45) is 5.92 Å². The molecule has 6 heteroatoms. The molecule has 2 N–H and O–H groups in total. The first-order valence-electron chi connectivity index (χ1n) is 5.81. The molecule has 5 nitrogen and oxygen atoms in total. The number of hydrogen-bond donors (Lipinski definition) is 2. The Kier molecular flexibility index (Phi) is 4.30. The number of nitrogens with one attached hydrogen (secondary N) is 1. The van der Waals surface area contributed by atoms with Gasteiger partial charge in [0.25, 0.3) is 0 Å². The van der Waals surface area contributed by atoms with Crippen LogP contribution in [0, 0.1) is 17.2 Å². The number of anilines is 1. The summed E-state index contributed by atoms with van der Waals surface area (Å²) in [6.07, 6.45) is 1.90. The molecule has 19 heavy (non-hydrogen) atoms. The summed E-state index contributed by atoms with van der Waals surface area (Å²) in [5.41, 5.74) is 1.21. The molecule has 2 rings (SSSR count). The van der Waals surface area contributed by atoms with Crippen molar-refractivity contribution in [1.29, 1.82) is 5.26 Å². The van der Waals surface area contributed by atoms with Crippen LogP contribution < -0.4 is 5.32 Å². The molecule has 1 aliphatic rings. The first kappa shape index (κ1) is 13.7. The normalized spacial score (nSPS) is 21.9. The molecule has 0 radical (unpaired) electrons. The second kappa shape index (κ2) is 5.95. The average molecular weight is 278 g/mol. The first-order valence-corrected chi connectivity index (χ1v) is 7.04. The molecular weight excluding hydrogens is 264 g/mol. The van der Waals surface area contributed by atoms with Crippen LogP contribution in [0.3, 0.4) is 0 Å². The summed E-state index contributed by atoms with van der Waals surface area (Å²) >= 11 is 1.49. The molecule has 1 aromatic rings. The number of thioether (sulfide) groups is 1. The standard InChI is InChI=1S/C13H14N2O3S/c1-19-12-4-2-3-10(8(12)5-14)15-11-7-18-6-9(11)13(16)17/h2-4,9,11,15H,6-7H2,1H3,(H,16,17). The number of aliphatic carboxylic acids is 1. The van der Waals surface area contributed by atoms with E-state index in [0.29, 0.717) is 17.9 Å². The van der Waals surface area contributed by atoms with Gasteiger partial charge in [-0.25, -0.2) is 0 Å². The summed E-state index contributed by atoms with van der Waals surface area (Å²) in [6.45, 7) is 0.544. The van der Waals surface area contributed by atoms with Gasteiger partial charge in [0.2, 0.25) is 0 Å². The van der Waals surface area contributed by atoms with Crippen molar-refractivity contribution < 1.29 is 14.6 Å². The summed E-state index contributed by atoms with van der Waals surface area (Å²) in [6, 6.07) is 7.36. The maximum Gasteiger partial charge on any atom is 0.311 e. The SMILES string of the molecule is CSc1cccc(NC2COCC2C(=O)O)c1C#N. The fourth-order valence-electron chi connectivity index (χ4n) is 2.08. The van der Waals surface area contributed by atoms with Crippen LogP contribution in [0.15, 0.2) is 23.1 Å². The van der Waals surface area contributed by atoms with Crippen molar-refractivity contribution in [3.8, 4) is 6.07 Å². The molecule has 0 aliphatic carbocycles. The highest BCUT2D eigenvalue weighted by Gasteiger charge is 2.34. The average Bonchev–Trinajstić information content (AvgIpc) is 2.86. The van der Waals surface area contributed by atoms with Crippen molar-refractivity contribution in [3.63, 3.8) is 0 Å². The lowest BCUT2D eigenvalue weighted by atomic mass is 10.0. The van der Waals surface area contributed by atoms with Gasteiger partial charge in [-0.15, -0.1) is 11.8 Å². The van der Waals surface area contributed by atoms with Crippen LogP contribution in [-0.4, -0.2) is 36.6 Å². The fraction of sp³-hybridized carbons (Fsp3) is 0.385. The van der Waals surface area contributed by atoms with E-state index in [-0.39, 0.29) is 12.6 Å². The van der Waals surface area contributed by atoms with Crippen LogP contribution in [0.1, 0.15) is 5.56 Å². The number of carboxylic acids is 1. The Balaban J connectivity index is 2.24. The zero-order valence-corrected chi connectivity index (χ0v) is 11.2. The van der Waals surface area contributed by atoms with Crippen LogP contribution in [0.25, 0.3) is 0 Å². The van der Waals surface area contributed by atoms with Crippen LogP contribution in [0.4, 0.5) is 5.69 Å². The van der Waals surface area contributed by atoms with Gasteiger partial charge in [0.05, 0.1) is 30.5 Å². The van der Waals surface area contributed by atoms with Crippen molar-refractivity contribution >= 4 is 23.4 Å². The van der Waals surface area contributed by atoms with Gasteiger partial charge in [0.15, 0.2) is 0 Å². The van der Waals surface area contributed by atoms with Gasteiger partial charge >= 0.3 is 5.97 Å². The van der Waals surface area contributed by atoms with Crippen molar-refractivity contribution in [1.82, 2.24) is 0 Å². The highest BCUT2D eigenvalue weighted by atomic mass is 32.2. The lowest BCUT2D eigenvalue weighted by molar-refractivity contribution is -0.141. The number of rotatable bonds is 4. The third-order valence-electron chi connectivity index (χ3n) is 3.10. The topological polar surface area (TPSA) is 82.3 Å². The third-order valence-corrected chi connectivity index (χ3v) is 3.88. The van der Waals surface area contributed by atoms with E-state index in [1.165, 1.54) is 11.8 Å². The fourth-order valence-corrected chi connectivity index (χ4v) is 2.65. The lowest BCUT2D eigenvalue weighted by Crippen LogP contribution is -2.33. The second-order valence-electron chi connectivity index (χ2n) is 4.23. The summed E-state index contributed by atoms with van der Waals surface area (Å²) < 4.78 is 5.20. The Bertz CT molecular complexity index is 527. The Morgan fingerprint density at radius 3 is 3.00 bits per heavy atom. The van der Waals surface area contributed by atoms with Crippen molar-refractivity contribution in [2.75, 3.05) is 24.8 Å². The highest BCUT2D eigenvalue weighted by Crippen LogP contribution is 2.28. The minimum atomic E-state index is -0.880. The summed E-state index contributed by atoms with van der Waals surface area (Å²) in [7, 11) is 0. The number of nitriles is 1. The zero-order valence-electron chi connectivity index (χ0n) is 10.4. The molecule has 0 saturated carbocycles. The van der Waals surface area contributed by atoms with Gasteiger partial charge in [-0.2, -0.15) is 5.26 Å². The minimum absolute atomic E-state index is 0.205. The molecular formula is C13H14N2O3S. The second-order valence-corrected chi connectivity index (χ2v) is 5.08. The summed E-state index contributed by atoms with van der Waals surface area (Å²) in [4.78, 5) is 12.0. The van der Waals surface area contributed by atoms with Gasteiger partial charge in [-0.05, 0) is 18.4 Å². The van der Waals surface area contributed by atoms with Gasteiger partial charge in [-0.3, -0.25) is 4.79 Å². The molecule has 2 unspecified atom stereocenters. The molecule has 1 fully saturated rings. The van der Waals surface area contributed by atoms with Gasteiger partial charge in [-0.1, -0.05) is 6.07 Å². The molecule has 100 valence electrons. The maximum absolute atomic E-state index is 11.1. The molecule has 0 aromatic heterocycles. The molecule has 1 saturated heterocycles. The predicted octanol–water partition coefficient (Wildman–Crippen LogP) is 1.79. The van der Waals surface area contributed by atoms with Gasteiger partial charge in [0, 0.05) is 4.90 Å². The Hall–Kier alpha value is -1.71. The van der Waals surface area contributed by atoms with E-state index in [0.717, 1.165) is 4.90 Å². The maximum atomic E-state index is 11.1. The molecule has 0 amide bonds. The number of nitrogens with zero attached hydrogens (tertiary/aromatic N) is 1. The molecule has 0 spiro atoms. The molecule has 1 aliphatic heterocycles. The highest BCUT2D eigenvalue weighted by molar-refractivity contribution is 7.98. The largest absolute Gasteiger partial charge is 0.481 e. The Morgan fingerprint density at radius 2 is 2.37 bits per heavy atom. The van der Waals surface area contributed by atoms with E-state index in [9.17, 15) is 10.1 Å². The molecule has 0 bridgehead atoms. The number of carbonyl (C=O) groups is 1. The Morgan fingerprint density at radius 1 is 1.58 bits per heavy atom. The van der Waals surface area contributed by atoms with E-state index in [1.807, 2.05) is 18.4 Å². The van der Waals surface area contributed by atoms with Crippen LogP contribution in [-0.2, 0) is 9.53 Å². The quantitative estimate of drug-likeness (QED) is 0.817. The summed E-state index contributed by atoms with van der Waals surface area (Å²) in [5, 5.41) is 21.5.